The summed E-state index contributed by atoms with van der Waals surface area (Å²) in [6.45, 7) is 2.27. The first-order valence-corrected chi connectivity index (χ1v) is 9.27. The number of carbonyl (C=O) groups excluding carboxylic acids is 3. The molecule has 1 aliphatic heterocycles. The number of carbonyl (C=O) groups is 3. The number of amides is 3. The maximum absolute atomic E-state index is 12.3. The Labute approximate surface area is 157 Å². The van der Waals surface area contributed by atoms with Crippen molar-refractivity contribution in [3.8, 4) is 0 Å². The van der Waals surface area contributed by atoms with Crippen molar-refractivity contribution in [3.05, 3.63) is 50.6 Å². The summed E-state index contributed by atoms with van der Waals surface area (Å²) in [5.74, 6) is -1.35. The van der Waals surface area contributed by atoms with Crippen molar-refractivity contribution in [1.82, 2.24) is 10.9 Å². The summed E-state index contributed by atoms with van der Waals surface area (Å²) in [5, 5.41) is 0. The van der Waals surface area contributed by atoms with E-state index in [-0.39, 0.29) is 24.1 Å². The number of rotatable bonds is 3. The molecule has 130 valence electrons. The van der Waals surface area contributed by atoms with Crippen molar-refractivity contribution in [2.45, 2.75) is 13.3 Å². The molecule has 1 aliphatic rings. The molecular weight excluding hydrogens is 406 g/mol. The van der Waals surface area contributed by atoms with Gasteiger partial charge in [-0.25, -0.2) is 0 Å². The zero-order valence-electron chi connectivity index (χ0n) is 13.4. The molecule has 2 aromatic rings. The predicted molar refractivity (Wildman–Crippen MR) is 99.3 cm³/mol. The van der Waals surface area contributed by atoms with Crippen LogP contribution in [0.5, 0.6) is 0 Å². The van der Waals surface area contributed by atoms with Crippen molar-refractivity contribution in [1.29, 1.82) is 0 Å². The standard InChI is InChI=1S/C17H16BrN3O3S/c1-10-2-4-12(5-3-10)21-9-11(8-15(21)22)16(23)19-20-17(24)13-6-7-14(18)25-13/h2-7,11H,8-9H2,1H3,(H,19,23)(H,20,24)/t11-/m0/s1. The minimum atomic E-state index is -0.496. The summed E-state index contributed by atoms with van der Waals surface area (Å²) in [4.78, 5) is 38.5. The molecule has 2 N–H and O–H groups in total. The van der Waals surface area contributed by atoms with Gasteiger partial charge in [0.1, 0.15) is 0 Å². The van der Waals surface area contributed by atoms with E-state index in [9.17, 15) is 14.4 Å². The number of thiophene rings is 1. The molecule has 1 atom stereocenters. The van der Waals surface area contributed by atoms with Gasteiger partial charge in [-0.3, -0.25) is 25.2 Å². The van der Waals surface area contributed by atoms with E-state index in [1.165, 1.54) is 11.3 Å². The van der Waals surface area contributed by atoms with Gasteiger partial charge in [-0.1, -0.05) is 17.7 Å². The number of halogens is 1. The third-order valence-electron chi connectivity index (χ3n) is 3.94. The topological polar surface area (TPSA) is 78.5 Å². The summed E-state index contributed by atoms with van der Waals surface area (Å²) in [7, 11) is 0. The van der Waals surface area contributed by atoms with Gasteiger partial charge in [0.05, 0.1) is 14.6 Å². The summed E-state index contributed by atoms with van der Waals surface area (Å²) in [6, 6.07) is 11.0. The van der Waals surface area contributed by atoms with Crippen LogP contribution < -0.4 is 15.8 Å². The molecule has 0 radical (unpaired) electrons. The van der Waals surface area contributed by atoms with Crippen LogP contribution >= 0.6 is 27.3 Å². The number of aryl methyl sites for hydroxylation is 1. The van der Waals surface area contributed by atoms with Crippen LogP contribution in [0, 0.1) is 12.8 Å². The number of hydrogen-bond donors (Lipinski definition) is 2. The molecule has 1 aromatic heterocycles. The second kappa shape index (κ2) is 7.37. The SMILES string of the molecule is Cc1ccc(N2C[C@@H](C(=O)NNC(=O)c3ccc(Br)s3)CC2=O)cc1. The molecular formula is C17H16BrN3O3S. The Morgan fingerprint density at radius 1 is 1.16 bits per heavy atom. The Morgan fingerprint density at radius 2 is 1.88 bits per heavy atom. The number of hydrazine groups is 1. The monoisotopic (exact) mass is 421 g/mol. The van der Waals surface area contributed by atoms with E-state index in [0.717, 1.165) is 15.0 Å². The fraction of sp³-hybridized carbons (Fsp3) is 0.235. The molecule has 2 heterocycles. The highest BCUT2D eigenvalue weighted by atomic mass is 79.9. The van der Waals surface area contributed by atoms with Crippen LogP contribution in [0.2, 0.25) is 0 Å². The number of anilines is 1. The molecule has 3 rings (SSSR count). The van der Waals surface area contributed by atoms with Gasteiger partial charge >= 0.3 is 0 Å². The predicted octanol–water partition coefficient (Wildman–Crippen LogP) is 2.63. The third-order valence-corrected chi connectivity index (χ3v) is 5.56. The van der Waals surface area contributed by atoms with E-state index in [4.69, 9.17) is 0 Å². The third kappa shape index (κ3) is 4.08. The summed E-state index contributed by atoms with van der Waals surface area (Å²) >= 11 is 4.55. The lowest BCUT2D eigenvalue weighted by Crippen LogP contribution is -2.44. The molecule has 0 bridgehead atoms. The molecule has 0 aliphatic carbocycles. The van der Waals surface area contributed by atoms with Crippen LogP contribution in [-0.2, 0) is 9.59 Å². The van der Waals surface area contributed by atoms with Crippen LogP contribution in [0.1, 0.15) is 21.7 Å². The minimum absolute atomic E-state index is 0.0995. The highest BCUT2D eigenvalue weighted by Gasteiger charge is 2.35. The Balaban J connectivity index is 1.57. The van der Waals surface area contributed by atoms with Gasteiger partial charge in [0.2, 0.25) is 11.8 Å². The van der Waals surface area contributed by atoms with Gasteiger partial charge in [0.15, 0.2) is 0 Å². The molecule has 3 amide bonds. The number of benzene rings is 1. The molecule has 25 heavy (non-hydrogen) atoms. The number of nitrogens with zero attached hydrogens (tertiary/aromatic N) is 1. The zero-order chi connectivity index (χ0) is 18.0. The van der Waals surface area contributed by atoms with Crippen molar-refractivity contribution < 1.29 is 14.4 Å². The number of hydrogen-bond acceptors (Lipinski definition) is 4. The molecule has 0 unspecified atom stereocenters. The van der Waals surface area contributed by atoms with Crippen molar-refractivity contribution in [3.63, 3.8) is 0 Å². The Morgan fingerprint density at radius 3 is 2.52 bits per heavy atom. The second-order valence-corrected chi connectivity index (χ2v) is 8.25. The molecule has 1 aromatic carbocycles. The minimum Gasteiger partial charge on any atom is -0.312 e. The first kappa shape index (κ1) is 17.6. The second-order valence-electron chi connectivity index (χ2n) is 5.79. The first-order valence-electron chi connectivity index (χ1n) is 7.66. The highest BCUT2D eigenvalue weighted by Crippen LogP contribution is 2.25. The Kier molecular flexibility index (Phi) is 5.19. The van der Waals surface area contributed by atoms with E-state index in [1.807, 2.05) is 31.2 Å². The average Bonchev–Trinajstić information content (AvgIpc) is 3.19. The highest BCUT2D eigenvalue weighted by molar-refractivity contribution is 9.11. The summed E-state index contributed by atoms with van der Waals surface area (Å²) in [5.41, 5.74) is 6.68. The van der Waals surface area contributed by atoms with Crippen molar-refractivity contribution in [2.24, 2.45) is 5.92 Å². The van der Waals surface area contributed by atoms with Crippen LogP contribution in [0.15, 0.2) is 40.2 Å². The van der Waals surface area contributed by atoms with Gasteiger partial charge in [-0.05, 0) is 47.1 Å². The lowest BCUT2D eigenvalue weighted by atomic mass is 10.1. The molecule has 1 fully saturated rings. The van der Waals surface area contributed by atoms with Gasteiger partial charge in [-0.2, -0.15) is 0 Å². The summed E-state index contributed by atoms with van der Waals surface area (Å²) < 4.78 is 0.833. The molecule has 0 saturated carbocycles. The lowest BCUT2D eigenvalue weighted by molar-refractivity contribution is -0.126. The van der Waals surface area contributed by atoms with Crippen LogP contribution in [0.25, 0.3) is 0 Å². The van der Waals surface area contributed by atoms with Gasteiger partial charge in [0.25, 0.3) is 5.91 Å². The van der Waals surface area contributed by atoms with E-state index in [2.05, 4.69) is 26.8 Å². The summed E-state index contributed by atoms with van der Waals surface area (Å²) in [6.07, 6.45) is 0.125. The van der Waals surface area contributed by atoms with Gasteiger partial charge in [0, 0.05) is 18.7 Å². The Bertz CT molecular complexity index is 819. The van der Waals surface area contributed by atoms with Crippen LogP contribution in [0.4, 0.5) is 5.69 Å². The maximum Gasteiger partial charge on any atom is 0.279 e. The molecule has 0 spiro atoms. The maximum atomic E-state index is 12.3. The quantitative estimate of drug-likeness (QED) is 0.747. The normalized spacial score (nSPS) is 16.8. The smallest absolute Gasteiger partial charge is 0.279 e. The first-order chi connectivity index (χ1) is 11.9. The molecule has 1 saturated heterocycles. The van der Waals surface area contributed by atoms with E-state index < -0.39 is 5.92 Å². The Hall–Kier alpha value is -2.19. The van der Waals surface area contributed by atoms with Gasteiger partial charge < -0.3 is 4.90 Å². The van der Waals surface area contributed by atoms with E-state index in [1.54, 1.807) is 17.0 Å². The van der Waals surface area contributed by atoms with E-state index >= 15 is 0 Å². The number of nitrogens with one attached hydrogen (secondary N) is 2. The largest absolute Gasteiger partial charge is 0.312 e. The molecule has 6 nitrogen and oxygen atoms in total. The van der Waals surface area contributed by atoms with Crippen LogP contribution in [0.3, 0.4) is 0 Å². The fourth-order valence-corrected chi connectivity index (χ4v) is 3.86. The van der Waals surface area contributed by atoms with Crippen molar-refractivity contribution >= 4 is 50.7 Å². The van der Waals surface area contributed by atoms with E-state index in [0.29, 0.717) is 11.4 Å². The van der Waals surface area contributed by atoms with Crippen molar-refractivity contribution in [2.75, 3.05) is 11.4 Å². The van der Waals surface area contributed by atoms with Gasteiger partial charge in [-0.15, -0.1) is 11.3 Å². The zero-order valence-corrected chi connectivity index (χ0v) is 15.8. The fourth-order valence-electron chi connectivity index (χ4n) is 2.58. The lowest BCUT2D eigenvalue weighted by Gasteiger charge is -2.17. The molecule has 8 heteroatoms. The van der Waals surface area contributed by atoms with Crippen LogP contribution in [-0.4, -0.2) is 24.3 Å². The average molecular weight is 422 g/mol.